The van der Waals surface area contributed by atoms with Gasteiger partial charge in [-0.15, -0.1) is 0 Å². The standard InChI is InChI=1S/C17H23N3O4/c1-11(21)15-17(23)20-8-7-19(10-13(20)16(22)18-15)9-12-5-3-4-6-14(12)24-2/h3-6,11,13,15,21H,7-10H2,1-2H3,(H,18,22)/t11-,13-,15+/m1/s1. The lowest BCUT2D eigenvalue weighted by Crippen LogP contribution is -2.70. The summed E-state index contributed by atoms with van der Waals surface area (Å²) >= 11 is 0. The lowest BCUT2D eigenvalue weighted by atomic mass is 10.0. The number of aliphatic hydroxyl groups excluding tert-OH is 1. The SMILES string of the molecule is COc1ccccc1CN1CCN2C(=O)[C@H]([C@@H](C)O)NC(=O)[C@H]2C1. The number of ether oxygens (including phenoxy) is 1. The molecular weight excluding hydrogens is 310 g/mol. The Morgan fingerprint density at radius 3 is 2.79 bits per heavy atom. The fourth-order valence-electron chi connectivity index (χ4n) is 3.36. The predicted molar refractivity (Wildman–Crippen MR) is 87.4 cm³/mol. The third-order valence-electron chi connectivity index (χ3n) is 4.68. The van der Waals surface area contributed by atoms with Gasteiger partial charge in [0.2, 0.25) is 11.8 Å². The molecule has 24 heavy (non-hydrogen) atoms. The van der Waals surface area contributed by atoms with Gasteiger partial charge in [-0.05, 0) is 13.0 Å². The van der Waals surface area contributed by atoms with Gasteiger partial charge in [-0.1, -0.05) is 18.2 Å². The Bertz CT molecular complexity index is 634. The van der Waals surface area contributed by atoms with Crippen LogP contribution in [0.1, 0.15) is 12.5 Å². The Balaban J connectivity index is 1.71. The van der Waals surface area contributed by atoms with Crippen LogP contribution in [0, 0.1) is 0 Å². The van der Waals surface area contributed by atoms with Crippen LogP contribution in [0.4, 0.5) is 0 Å². The summed E-state index contributed by atoms with van der Waals surface area (Å²) in [6.07, 6.45) is -0.894. The highest BCUT2D eigenvalue weighted by Crippen LogP contribution is 2.23. The molecule has 130 valence electrons. The second-order valence-electron chi connectivity index (χ2n) is 6.32. The molecule has 7 heteroatoms. The summed E-state index contributed by atoms with van der Waals surface area (Å²) in [5.74, 6) is 0.412. The Labute approximate surface area is 141 Å². The Morgan fingerprint density at radius 1 is 1.33 bits per heavy atom. The molecule has 3 atom stereocenters. The van der Waals surface area contributed by atoms with Gasteiger partial charge in [0.25, 0.3) is 0 Å². The maximum atomic E-state index is 12.4. The molecule has 1 aromatic rings. The number of rotatable bonds is 4. The highest BCUT2D eigenvalue weighted by atomic mass is 16.5. The lowest BCUT2D eigenvalue weighted by molar-refractivity contribution is -0.156. The highest BCUT2D eigenvalue weighted by molar-refractivity contribution is 5.97. The minimum atomic E-state index is -0.894. The molecule has 0 spiro atoms. The molecule has 2 heterocycles. The normalized spacial score (nSPS) is 25.9. The molecule has 7 nitrogen and oxygen atoms in total. The molecule has 2 saturated heterocycles. The second-order valence-corrected chi connectivity index (χ2v) is 6.32. The van der Waals surface area contributed by atoms with E-state index in [2.05, 4.69) is 10.2 Å². The molecule has 2 aliphatic heterocycles. The van der Waals surface area contributed by atoms with Gasteiger partial charge in [-0.25, -0.2) is 0 Å². The van der Waals surface area contributed by atoms with E-state index in [1.165, 1.54) is 6.92 Å². The van der Waals surface area contributed by atoms with Gasteiger partial charge >= 0.3 is 0 Å². The van der Waals surface area contributed by atoms with Crippen LogP contribution in [0.25, 0.3) is 0 Å². The van der Waals surface area contributed by atoms with E-state index >= 15 is 0 Å². The van der Waals surface area contributed by atoms with Crippen molar-refractivity contribution in [1.82, 2.24) is 15.1 Å². The van der Waals surface area contributed by atoms with Crippen LogP contribution in [-0.4, -0.2) is 71.7 Å². The first kappa shape index (κ1) is 16.7. The number of aliphatic hydroxyl groups is 1. The van der Waals surface area contributed by atoms with Crippen LogP contribution in [0.5, 0.6) is 5.75 Å². The zero-order valence-corrected chi connectivity index (χ0v) is 13.9. The number of nitrogens with one attached hydrogen (secondary N) is 1. The summed E-state index contributed by atoms with van der Waals surface area (Å²) in [7, 11) is 1.64. The zero-order chi connectivity index (χ0) is 17.3. The molecule has 3 rings (SSSR count). The molecule has 2 N–H and O–H groups in total. The van der Waals surface area contributed by atoms with Crippen LogP contribution >= 0.6 is 0 Å². The van der Waals surface area contributed by atoms with E-state index in [0.717, 1.165) is 11.3 Å². The first-order chi connectivity index (χ1) is 11.5. The number of hydrogen-bond donors (Lipinski definition) is 2. The maximum absolute atomic E-state index is 12.4. The predicted octanol–water partition coefficient (Wildman–Crippen LogP) is -0.413. The summed E-state index contributed by atoms with van der Waals surface area (Å²) in [6, 6.07) is 6.45. The van der Waals surface area contributed by atoms with Crippen LogP contribution in [0.2, 0.25) is 0 Å². The van der Waals surface area contributed by atoms with Crippen LogP contribution in [0.15, 0.2) is 24.3 Å². The molecular formula is C17H23N3O4. The maximum Gasteiger partial charge on any atom is 0.248 e. The number of fused-ring (bicyclic) bond motifs is 1. The van der Waals surface area contributed by atoms with Crippen molar-refractivity contribution in [2.45, 2.75) is 31.7 Å². The summed E-state index contributed by atoms with van der Waals surface area (Å²) in [6.45, 7) is 3.81. The largest absolute Gasteiger partial charge is 0.496 e. The van der Waals surface area contributed by atoms with Gasteiger partial charge in [0.15, 0.2) is 0 Å². The van der Waals surface area contributed by atoms with Crippen molar-refractivity contribution in [3.05, 3.63) is 29.8 Å². The molecule has 1 aromatic carbocycles. The van der Waals surface area contributed by atoms with Gasteiger partial charge in [0.05, 0.1) is 13.2 Å². The van der Waals surface area contributed by atoms with E-state index in [1.54, 1.807) is 12.0 Å². The third-order valence-corrected chi connectivity index (χ3v) is 4.68. The number of benzene rings is 1. The van der Waals surface area contributed by atoms with Crippen molar-refractivity contribution in [1.29, 1.82) is 0 Å². The monoisotopic (exact) mass is 333 g/mol. The van der Waals surface area contributed by atoms with Crippen molar-refractivity contribution in [2.24, 2.45) is 0 Å². The van der Waals surface area contributed by atoms with E-state index in [-0.39, 0.29) is 11.8 Å². The van der Waals surface area contributed by atoms with E-state index in [9.17, 15) is 14.7 Å². The fourth-order valence-corrected chi connectivity index (χ4v) is 3.36. The second kappa shape index (κ2) is 6.78. The highest BCUT2D eigenvalue weighted by Gasteiger charge is 2.44. The average Bonchev–Trinajstić information content (AvgIpc) is 2.58. The number of piperazine rings is 2. The number of carbonyl (C=O) groups is 2. The molecule has 2 amide bonds. The minimum absolute atomic E-state index is 0.202. The van der Waals surface area contributed by atoms with Crippen molar-refractivity contribution >= 4 is 11.8 Å². The summed E-state index contributed by atoms with van der Waals surface area (Å²) in [4.78, 5) is 28.5. The Kier molecular flexibility index (Phi) is 4.73. The molecule has 0 saturated carbocycles. The summed E-state index contributed by atoms with van der Waals surface area (Å²) in [5, 5.41) is 12.3. The van der Waals surface area contributed by atoms with E-state index in [1.807, 2.05) is 24.3 Å². The fraction of sp³-hybridized carbons (Fsp3) is 0.529. The average molecular weight is 333 g/mol. The number of para-hydroxylation sites is 1. The molecule has 2 aliphatic rings. The zero-order valence-electron chi connectivity index (χ0n) is 13.9. The number of carbonyl (C=O) groups excluding carboxylic acids is 2. The van der Waals surface area contributed by atoms with Crippen molar-refractivity contribution in [3.63, 3.8) is 0 Å². The number of amides is 2. The number of methoxy groups -OCH3 is 1. The van der Waals surface area contributed by atoms with Gasteiger partial charge in [-0.3, -0.25) is 14.5 Å². The quantitative estimate of drug-likeness (QED) is 0.783. The van der Waals surface area contributed by atoms with E-state index < -0.39 is 18.2 Å². The van der Waals surface area contributed by atoms with Gasteiger partial charge in [0.1, 0.15) is 17.8 Å². The topological polar surface area (TPSA) is 82.1 Å². The van der Waals surface area contributed by atoms with E-state index in [0.29, 0.717) is 26.2 Å². The van der Waals surface area contributed by atoms with Gasteiger partial charge in [-0.2, -0.15) is 0 Å². The van der Waals surface area contributed by atoms with Crippen molar-refractivity contribution in [3.8, 4) is 5.75 Å². The molecule has 0 bridgehead atoms. The van der Waals surface area contributed by atoms with Crippen LogP contribution in [-0.2, 0) is 16.1 Å². The summed E-state index contributed by atoms with van der Waals surface area (Å²) < 4.78 is 5.37. The third kappa shape index (κ3) is 3.09. The molecule has 2 fully saturated rings. The Morgan fingerprint density at radius 2 is 2.08 bits per heavy atom. The number of nitrogens with zero attached hydrogens (tertiary/aromatic N) is 2. The first-order valence-corrected chi connectivity index (χ1v) is 8.14. The smallest absolute Gasteiger partial charge is 0.248 e. The minimum Gasteiger partial charge on any atom is -0.496 e. The lowest BCUT2D eigenvalue weighted by Gasteiger charge is -2.45. The van der Waals surface area contributed by atoms with Crippen LogP contribution < -0.4 is 10.1 Å². The van der Waals surface area contributed by atoms with Crippen molar-refractivity contribution < 1.29 is 19.4 Å². The van der Waals surface area contributed by atoms with Gasteiger partial charge in [0, 0.05) is 31.7 Å². The molecule has 0 radical (unpaired) electrons. The molecule has 0 aromatic heterocycles. The van der Waals surface area contributed by atoms with Crippen LogP contribution in [0.3, 0.4) is 0 Å². The molecule has 0 aliphatic carbocycles. The first-order valence-electron chi connectivity index (χ1n) is 8.14. The van der Waals surface area contributed by atoms with Gasteiger partial charge < -0.3 is 20.1 Å². The number of hydrogen-bond acceptors (Lipinski definition) is 5. The molecule has 0 unspecified atom stereocenters. The Hall–Kier alpha value is -2.12. The summed E-state index contributed by atoms with van der Waals surface area (Å²) in [5.41, 5.74) is 1.05. The van der Waals surface area contributed by atoms with Crippen molar-refractivity contribution in [2.75, 3.05) is 26.7 Å². The van der Waals surface area contributed by atoms with E-state index in [4.69, 9.17) is 4.74 Å².